The second-order valence-corrected chi connectivity index (χ2v) is 5.65. The minimum atomic E-state index is -2.64. The molecule has 62 valence electrons. The number of rotatable bonds is 1. The van der Waals surface area contributed by atoms with Crippen molar-refractivity contribution < 1.29 is 4.21 Å². The van der Waals surface area contributed by atoms with Gasteiger partial charge in [0.15, 0.2) is 5.13 Å². The molecule has 0 aromatic carbocycles. The zero-order valence-corrected chi connectivity index (χ0v) is 7.88. The van der Waals surface area contributed by atoms with Crippen LogP contribution in [0.25, 0.3) is 0 Å². The Kier molecular flexibility index (Phi) is 1.89. The van der Waals surface area contributed by atoms with Crippen molar-refractivity contribution in [3.8, 4) is 0 Å². The molecule has 4 nitrogen and oxygen atoms in total. The van der Waals surface area contributed by atoms with Crippen LogP contribution in [0.1, 0.15) is 5.69 Å². The fourth-order valence-corrected chi connectivity index (χ4v) is 2.83. The quantitative estimate of drug-likeness (QED) is 0.696. The molecule has 0 aliphatic carbocycles. The van der Waals surface area contributed by atoms with Gasteiger partial charge in [-0.2, -0.15) is 0 Å². The van der Waals surface area contributed by atoms with E-state index in [2.05, 4.69) is 4.98 Å². The Morgan fingerprint density at radius 1 is 1.73 bits per heavy atom. The number of thiazole rings is 1. The summed E-state index contributed by atoms with van der Waals surface area (Å²) < 4.78 is 19.0. The smallest absolute Gasteiger partial charge is 0.181 e. The van der Waals surface area contributed by atoms with Crippen LogP contribution in [0.5, 0.6) is 0 Å². The normalized spacial score (nSPS) is 16.2. The summed E-state index contributed by atoms with van der Waals surface area (Å²) in [6.07, 6.45) is 1.37. The molecule has 0 saturated heterocycles. The van der Waals surface area contributed by atoms with Gasteiger partial charge < -0.3 is 5.73 Å². The van der Waals surface area contributed by atoms with Crippen LogP contribution in [0.15, 0.2) is 4.21 Å². The van der Waals surface area contributed by atoms with Gasteiger partial charge in [0.05, 0.1) is 15.4 Å². The Morgan fingerprint density at radius 3 is 2.45 bits per heavy atom. The minimum absolute atomic E-state index is 0.374. The van der Waals surface area contributed by atoms with Crippen LogP contribution in [0.4, 0.5) is 5.13 Å². The second kappa shape index (κ2) is 2.46. The zero-order valence-electron chi connectivity index (χ0n) is 6.25. The molecule has 1 atom stereocenters. The summed E-state index contributed by atoms with van der Waals surface area (Å²) in [5.41, 5.74) is 5.98. The Balaban J connectivity index is 3.36. The highest BCUT2D eigenvalue weighted by Crippen LogP contribution is 2.24. The van der Waals surface area contributed by atoms with Crippen LogP contribution in [-0.4, -0.2) is 15.4 Å². The standard InChI is InChI=1S/C5H9N3OS2/c1-3-4(11(2,7)9)10-5(6)8-3/h7H,1-2H3,(H2,6,8). The number of nitrogens with two attached hydrogens (primary N) is 1. The molecule has 0 saturated carbocycles. The van der Waals surface area contributed by atoms with Gasteiger partial charge in [-0.25, -0.2) is 14.0 Å². The van der Waals surface area contributed by atoms with E-state index in [0.29, 0.717) is 15.0 Å². The van der Waals surface area contributed by atoms with Gasteiger partial charge in [-0.3, -0.25) is 0 Å². The predicted octanol–water partition coefficient (Wildman–Crippen LogP) is 1.07. The maximum absolute atomic E-state index is 11.2. The molecule has 0 fully saturated rings. The molecule has 1 rings (SSSR count). The fraction of sp³-hybridized carbons (Fsp3) is 0.400. The average Bonchev–Trinajstić information content (AvgIpc) is 2.08. The SMILES string of the molecule is Cc1nc(N)sc1S(C)(=N)=O. The van der Waals surface area contributed by atoms with Crippen LogP contribution >= 0.6 is 11.3 Å². The molecule has 1 aromatic rings. The number of hydrogen-bond donors (Lipinski definition) is 2. The lowest BCUT2D eigenvalue weighted by atomic mass is 10.6. The summed E-state index contributed by atoms with van der Waals surface area (Å²) in [4.78, 5) is 3.87. The number of aromatic nitrogens is 1. The minimum Gasteiger partial charge on any atom is -0.375 e. The predicted molar refractivity (Wildman–Crippen MR) is 46.3 cm³/mol. The van der Waals surface area contributed by atoms with Crippen LogP contribution in [0.2, 0.25) is 0 Å². The Labute approximate surface area is 69.4 Å². The van der Waals surface area contributed by atoms with E-state index in [9.17, 15) is 4.21 Å². The summed E-state index contributed by atoms with van der Waals surface area (Å²) in [6.45, 7) is 1.71. The lowest BCUT2D eigenvalue weighted by Gasteiger charge is -1.94. The van der Waals surface area contributed by atoms with Gasteiger partial charge in [0.2, 0.25) is 0 Å². The summed E-state index contributed by atoms with van der Waals surface area (Å²) in [7, 11) is -2.64. The van der Waals surface area contributed by atoms with E-state index in [4.69, 9.17) is 10.5 Å². The van der Waals surface area contributed by atoms with E-state index in [1.807, 2.05) is 0 Å². The fourth-order valence-electron chi connectivity index (χ4n) is 0.764. The number of anilines is 1. The topological polar surface area (TPSA) is 79.8 Å². The molecule has 0 bridgehead atoms. The zero-order chi connectivity index (χ0) is 8.65. The molecular formula is C5H9N3OS2. The third kappa shape index (κ3) is 1.69. The monoisotopic (exact) mass is 191 g/mol. The van der Waals surface area contributed by atoms with Crippen LogP contribution in [-0.2, 0) is 9.73 Å². The first-order valence-corrected chi connectivity index (χ1v) is 5.66. The molecule has 3 N–H and O–H groups in total. The first-order chi connectivity index (χ1) is 4.91. The Hall–Kier alpha value is -0.620. The van der Waals surface area contributed by atoms with Crippen LogP contribution in [0, 0.1) is 11.7 Å². The van der Waals surface area contributed by atoms with Crippen molar-refractivity contribution in [2.75, 3.05) is 12.0 Å². The van der Waals surface area contributed by atoms with E-state index in [-0.39, 0.29) is 0 Å². The van der Waals surface area contributed by atoms with E-state index < -0.39 is 9.73 Å². The van der Waals surface area contributed by atoms with Crippen LogP contribution < -0.4 is 5.73 Å². The number of nitrogen functional groups attached to an aromatic ring is 1. The van der Waals surface area contributed by atoms with Crippen molar-refractivity contribution in [1.82, 2.24) is 4.98 Å². The van der Waals surface area contributed by atoms with Gasteiger partial charge in [-0.1, -0.05) is 11.3 Å². The van der Waals surface area contributed by atoms with Crippen molar-refractivity contribution in [1.29, 1.82) is 4.78 Å². The number of nitrogens with zero attached hydrogens (tertiary/aromatic N) is 1. The molecule has 11 heavy (non-hydrogen) atoms. The van der Waals surface area contributed by atoms with Gasteiger partial charge in [0.25, 0.3) is 0 Å². The highest BCUT2D eigenvalue weighted by atomic mass is 32.2. The molecule has 0 spiro atoms. The van der Waals surface area contributed by atoms with Gasteiger partial charge in [0, 0.05) is 6.26 Å². The lowest BCUT2D eigenvalue weighted by Crippen LogP contribution is -1.93. The molecule has 1 heterocycles. The summed E-state index contributed by atoms with van der Waals surface area (Å²) in [5, 5.41) is 0.374. The lowest BCUT2D eigenvalue weighted by molar-refractivity contribution is 0.679. The van der Waals surface area contributed by atoms with Crippen molar-refractivity contribution >= 4 is 26.2 Å². The summed E-state index contributed by atoms with van der Waals surface area (Å²) in [5.74, 6) is 0. The molecule has 1 unspecified atom stereocenters. The highest BCUT2D eigenvalue weighted by Gasteiger charge is 2.11. The molecule has 0 aliphatic rings. The van der Waals surface area contributed by atoms with E-state index in [0.717, 1.165) is 11.3 Å². The van der Waals surface area contributed by atoms with E-state index in [1.54, 1.807) is 6.92 Å². The van der Waals surface area contributed by atoms with E-state index >= 15 is 0 Å². The molecule has 6 heteroatoms. The van der Waals surface area contributed by atoms with Gasteiger partial charge in [-0.05, 0) is 6.92 Å². The molecule has 0 radical (unpaired) electrons. The van der Waals surface area contributed by atoms with Crippen molar-refractivity contribution in [3.05, 3.63) is 5.69 Å². The van der Waals surface area contributed by atoms with Gasteiger partial charge >= 0.3 is 0 Å². The van der Waals surface area contributed by atoms with Crippen molar-refractivity contribution in [3.63, 3.8) is 0 Å². The highest BCUT2D eigenvalue weighted by molar-refractivity contribution is 7.93. The Bertz CT molecular complexity index is 365. The third-order valence-electron chi connectivity index (χ3n) is 1.12. The van der Waals surface area contributed by atoms with Gasteiger partial charge in [-0.15, -0.1) is 0 Å². The third-order valence-corrected chi connectivity index (χ3v) is 4.11. The number of aryl methyl sites for hydroxylation is 1. The number of hydrogen-bond acceptors (Lipinski definition) is 5. The van der Waals surface area contributed by atoms with Crippen LogP contribution in [0.3, 0.4) is 0 Å². The van der Waals surface area contributed by atoms with Gasteiger partial charge in [0.1, 0.15) is 4.21 Å². The second-order valence-electron chi connectivity index (χ2n) is 2.27. The average molecular weight is 191 g/mol. The van der Waals surface area contributed by atoms with Crippen molar-refractivity contribution in [2.45, 2.75) is 11.1 Å². The molecule has 0 aliphatic heterocycles. The largest absolute Gasteiger partial charge is 0.375 e. The number of nitrogens with one attached hydrogen (secondary N) is 1. The molecule has 0 amide bonds. The van der Waals surface area contributed by atoms with E-state index in [1.165, 1.54) is 6.26 Å². The summed E-state index contributed by atoms with van der Waals surface area (Å²) in [6, 6.07) is 0. The summed E-state index contributed by atoms with van der Waals surface area (Å²) >= 11 is 1.12. The Morgan fingerprint density at radius 2 is 2.27 bits per heavy atom. The first-order valence-electron chi connectivity index (χ1n) is 2.88. The molecule has 1 aromatic heterocycles. The van der Waals surface area contributed by atoms with Crippen molar-refractivity contribution in [2.24, 2.45) is 0 Å². The molecular weight excluding hydrogens is 182 g/mol. The maximum atomic E-state index is 11.2. The first kappa shape index (κ1) is 8.48. The maximum Gasteiger partial charge on any atom is 0.181 e.